The van der Waals surface area contributed by atoms with Crippen LogP contribution in [0.5, 0.6) is 11.5 Å². The van der Waals surface area contributed by atoms with Gasteiger partial charge in [0, 0.05) is 16.1 Å². The molecule has 2 N–H and O–H groups in total. The Morgan fingerprint density at radius 3 is 3.07 bits per heavy atom. The summed E-state index contributed by atoms with van der Waals surface area (Å²) in [4.78, 5) is 0. The molecule has 0 radical (unpaired) electrons. The van der Waals surface area contributed by atoms with Gasteiger partial charge in [-0.05, 0) is 18.6 Å². The summed E-state index contributed by atoms with van der Waals surface area (Å²) in [6.07, 6.45) is 0.827. The molecule has 0 saturated heterocycles. The fourth-order valence-electron chi connectivity index (χ4n) is 1.60. The number of ether oxygens (including phenoxy) is 2. The molecule has 0 fully saturated rings. The number of fused-ring (bicyclic) bond motifs is 1. The fourth-order valence-corrected chi connectivity index (χ4v) is 2.08. The van der Waals surface area contributed by atoms with E-state index in [0.717, 1.165) is 28.0 Å². The van der Waals surface area contributed by atoms with Gasteiger partial charge in [-0.1, -0.05) is 15.9 Å². The number of rotatable bonds is 1. The quantitative estimate of drug-likeness (QED) is 0.834. The van der Waals surface area contributed by atoms with E-state index in [-0.39, 0.29) is 6.04 Å². The molecule has 1 aliphatic heterocycles. The molecule has 1 aliphatic rings. The Balaban J connectivity index is 2.49. The lowest BCUT2D eigenvalue weighted by Gasteiger charge is -2.24. The Hall–Kier alpha value is -0.740. The van der Waals surface area contributed by atoms with Crippen LogP contribution < -0.4 is 15.2 Å². The molecule has 3 nitrogen and oxygen atoms in total. The van der Waals surface area contributed by atoms with Crippen molar-refractivity contribution in [3.8, 4) is 11.5 Å². The number of hydrogen-bond donors (Lipinski definition) is 1. The first-order valence-electron chi connectivity index (χ1n) is 4.46. The lowest BCUT2D eigenvalue weighted by Crippen LogP contribution is -2.34. The third-order valence-electron chi connectivity index (χ3n) is 2.30. The second kappa shape index (κ2) is 3.79. The van der Waals surface area contributed by atoms with Crippen molar-refractivity contribution >= 4 is 15.9 Å². The maximum atomic E-state index is 5.82. The van der Waals surface area contributed by atoms with E-state index < -0.39 is 0 Å². The standard InChI is InChI=1S/C10H12BrNO2/c1-13-9-3-2-8(11)7-4-6(12)5-14-10(7)9/h2-3,6H,4-5,12H2,1H3/t6-/m1/s1. The van der Waals surface area contributed by atoms with Gasteiger partial charge in [0.1, 0.15) is 6.61 Å². The van der Waals surface area contributed by atoms with Crippen molar-refractivity contribution in [1.82, 2.24) is 0 Å². The maximum absolute atomic E-state index is 5.82. The van der Waals surface area contributed by atoms with E-state index in [1.807, 2.05) is 12.1 Å². The van der Waals surface area contributed by atoms with Crippen molar-refractivity contribution in [2.24, 2.45) is 5.73 Å². The largest absolute Gasteiger partial charge is 0.493 e. The van der Waals surface area contributed by atoms with E-state index in [1.54, 1.807) is 7.11 Å². The molecule has 1 aromatic carbocycles. The van der Waals surface area contributed by atoms with Crippen LogP contribution in [-0.2, 0) is 6.42 Å². The lowest BCUT2D eigenvalue weighted by atomic mass is 10.0. The number of hydrogen-bond acceptors (Lipinski definition) is 3. The average Bonchev–Trinajstić information content (AvgIpc) is 2.19. The van der Waals surface area contributed by atoms with Gasteiger partial charge in [-0.2, -0.15) is 0 Å². The summed E-state index contributed by atoms with van der Waals surface area (Å²) in [5.41, 5.74) is 6.92. The maximum Gasteiger partial charge on any atom is 0.165 e. The van der Waals surface area contributed by atoms with Crippen molar-refractivity contribution in [3.05, 3.63) is 22.2 Å². The molecule has 4 heteroatoms. The second-order valence-corrected chi connectivity index (χ2v) is 4.19. The molecule has 14 heavy (non-hydrogen) atoms. The lowest BCUT2D eigenvalue weighted by molar-refractivity contribution is 0.248. The minimum atomic E-state index is 0.0749. The Kier molecular flexibility index (Phi) is 2.65. The number of halogens is 1. The summed E-state index contributed by atoms with van der Waals surface area (Å²) >= 11 is 3.48. The Bertz CT molecular complexity index is 354. The van der Waals surface area contributed by atoms with E-state index in [2.05, 4.69) is 15.9 Å². The fraction of sp³-hybridized carbons (Fsp3) is 0.400. The molecular weight excluding hydrogens is 246 g/mol. The molecule has 0 amide bonds. The summed E-state index contributed by atoms with van der Waals surface area (Å²) in [5.74, 6) is 1.60. The van der Waals surface area contributed by atoms with Gasteiger partial charge >= 0.3 is 0 Å². The van der Waals surface area contributed by atoms with Crippen LogP contribution in [0, 0.1) is 0 Å². The van der Waals surface area contributed by atoms with E-state index in [1.165, 1.54) is 0 Å². The van der Waals surface area contributed by atoms with Crippen molar-refractivity contribution in [1.29, 1.82) is 0 Å². The zero-order valence-corrected chi connectivity index (χ0v) is 9.50. The Morgan fingerprint density at radius 2 is 2.36 bits per heavy atom. The predicted octanol–water partition coefficient (Wildman–Crippen LogP) is 1.72. The van der Waals surface area contributed by atoms with Crippen LogP contribution in [0.3, 0.4) is 0 Å². The van der Waals surface area contributed by atoms with Crippen molar-refractivity contribution in [2.75, 3.05) is 13.7 Å². The van der Waals surface area contributed by atoms with Gasteiger partial charge in [0.15, 0.2) is 11.5 Å². The SMILES string of the molecule is COc1ccc(Br)c2c1OC[C@H](N)C2. The normalized spacial score (nSPS) is 19.8. The predicted molar refractivity (Wildman–Crippen MR) is 57.9 cm³/mol. The van der Waals surface area contributed by atoms with Crippen LogP contribution in [0.1, 0.15) is 5.56 Å². The van der Waals surface area contributed by atoms with Gasteiger partial charge in [0.05, 0.1) is 7.11 Å². The molecule has 0 aromatic heterocycles. The van der Waals surface area contributed by atoms with Crippen LogP contribution in [0.25, 0.3) is 0 Å². The highest BCUT2D eigenvalue weighted by atomic mass is 79.9. The molecule has 1 aromatic rings. The summed E-state index contributed by atoms with van der Waals surface area (Å²) in [7, 11) is 1.64. The van der Waals surface area contributed by atoms with Gasteiger partial charge in [-0.3, -0.25) is 0 Å². The topological polar surface area (TPSA) is 44.5 Å². The summed E-state index contributed by atoms with van der Waals surface area (Å²) in [6.45, 7) is 0.555. The third-order valence-corrected chi connectivity index (χ3v) is 3.04. The van der Waals surface area contributed by atoms with Gasteiger partial charge < -0.3 is 15.2 Å². The van der Waals surface area contributed by atoms with Crippen LogP contribution >= 0.6 is 15.9 Å². The van der Waals surface area contributed by atoms with Crippen molar-refractivity contribution < 1.29 is 9.47 Å². The van der Waals surface area contributed by atoms with E-state index >= 15 is 0 Å². The second-order valence-electron chi connectivity index (χ2n) is 3.33. The minimum Gasteiger partial charge on any atom is -0.493 e. The van der Waals surface area contributed by atoms with Gasteiger partial charge in [-0.25, -0.2) is 0 Å². The molecule has 76 valence electrons. The zero-order chi connectivity index (χ0) is 10.1. The smallest absolute Gasteiger partial charge is 0.165 e. The molecular formula is C10H12BrNO2. The third kappa shape index (κ3) is 1.60. The van der Waals surface area contributed by atoms with Crippen molar-refractivity contribution in [2.45, 2.75) is 12.5 Å². The molecule has 0 spiro atoms. The molecule has 1 heterocycles. The number of nitrogens with two attached hydrogens (primary N) is 1. The molecule has 1 atom stereocenters. The highest BCUT2D eigenvalue weighted by Gasteiger charge is 2.22. The van der Waals surface area contributed by atoms with Crippen LogP contribution in [0.4, 0.5) is 0 Å². The summed E-state index contributed by atoms with van der Waals surface area (Å²) < 4.78 is 11.8. The summed E-state index contributed by atoms with van der Waals surface area (Å²) in [5, 5.41) is 0. The van der Waals surface area contributed by atoms with Crippen LogP contribution in [0.15, 0.2) is 16.6 Å². The number of benzene rings is 1. The first-order chi connectivity index (χ1) is 6.72. The highest BCUT2D eigenvalue weighted by Crippen LogP contribution is 2.38. The highest BCUT2D eigenvalue weighted by molar-refractivity contribution is 9.10. The van der Waals surface area contributed by atoms with Crippen molar-refractivity contribution in [3.63, 3.8) is 0 Å². The van der Waals surface area contributed by atoms with Gasteiger partial charge in [0.25, 0.3) is 0 Å². The zero-order valence-electron chi connectivity index (χ0n) is 7.92. The molecule has 0 aliphatic carbocycles. The Labute approximate surface area is 91.3 Å². The molecule has 0 unspecified atom stereocenters. The minimum absolute atomic E-state index is 0.0749. The average molecular weight is 258 g/mol. The first kappa shape index (κ1) is 9.80. The van der Waals surface area contributed by atoms with Gasteiger partial charge in [0.2, 0.25) is 0 Å². The Morgan fingerprint density at radius 1 is 1.57 bits per heavy atom. The van der Waals surface area contributed by atoms with E-state index in [4.69, 9.17) is 15.2 Å². The monoisotopic (exact) mass is 257 g/mol. The first-order valence-corrected chi connectivity index (χ1v) is 5.25. The molecule has 2 rings (SSSR count). The van der Waals surface area contributed by atoms with Crippen LogP contribution in [-0.4, -0.2) is 19.8 Å². The van der Waals surface area contributed by atoms with Crippen LogP contribution in [0.2, 0.25) is 0 Å². The van der Waals surface area contributed by atoms with Gasteiger partial charge in [-0.15, -0.1) is 0 Å². The number of methoxy groups -OCH3 is 1. The molecule has 0 bridgehead atoms. The van der Waals surface area contributed by atoms with E-state index in [0.29, 0.717) is 6.61 Å². The summed E-state index contributed by atoms with van der Waals surface area (Å²) in [6, 6.07) is 3.92. The molecule has 0 saturated carbocycles. The van der Waals surface area contributed by atoms with E-state index in [9.17, 15) is 0 Å².